The van der Waals surface area contributed by atoms with Gasteiger partial charge in [-0.05, 0) is 0 Å². The van der Waals surface area contributed by atoms with Gasteiger partial charge in [0, 0.05) is 0 Å². The molecule has 0 N–H and O–H groups in total. The van der Waals surface area contributed by atoms with Crippen LogP contribution in [0.5, 0.6) is 0 Å². The second-order valence-electron chi connectivity index (χ2n) is 4.86. The summed E-state index contributed by atoms with van der Waals surface area (Å²) in [6.45, 7) is 2.30. The molecule has 1 atom stereocenters. The van der Waals surface area contributed by atoms with E-state index in [1.165, 1.54) is 28.0 Å². The van der Waals surface area contributed by atoms with Gasteiger partial charge in [0.05, 0.1) is 0 Å². The zero-order chi connectivity index (χ0) is 13.8. The van der Waals surface area contributed by atoms with Gasteiger partial charge in [0.25, 0.3) is 0 Å². The van der Waals surface area contributed by atoms with E-state index in [-0.39, 0.29) is 0 Å². The molecule has 0 radical (unpaired) electrons. The molecule has 3 rings (SSSR count). The van der Waals surface area contributed by atoms with Crippen LogP contribution in [0.15, 0.2) is 60.7 Å². The van der Waals surface area contributed by atoms with Crippen LogP contribution in [-0.4, -0.2) is 28.4 Å². The normalized spacial score (nSPS) is 11.9. The Morgan fingerprint density at radius 3 is 2.50 bits per heavy atom. The molecule has 0 saturated carbocycles. The molecule has 2 aromatic carbocycles. The number of rotatable bonds is 5. The topological polar surface area (TPSA) is 0 Å². The average Bonchev–Trinajstić information content (AvgIpc) is 2.83. The minimum atomic E-state index is -0.737. The summed E-state index contributed by atoms with van der Waals surface area (Å²) in [6, 6.07) is 22.6. The van der Waals surface area contributed by atoms with Crippen LogP contribution in [0.1, 0.15) is 19.8 Å². The van der Waals surface area contributed by atoms with Gasteiger partial charge in [-0.2, -0.15) is 0 Å². The first-order chi connectivity index (χ1) is 9.88. The summed E-state index contributed by atoms with van der Waals surface area (Å²) in [7, 11) is 0. The van der Waals surface area contributed by atoms with E-state index in [0.717, 1.165) is 0 Å². The average molecular weight is 393 g/mol. The monoisotopic (exact) mass is 395 g/mol. The Labute approximate surface area is 131 Å². The van der Waals surface area contributed by atoms with E-state index >= 15 is 0 Å². The van der Waals surface area contributed by atoms with E-state index in [1.807, 2.05) is 0 Å². The second kappa shape index (κ2) is 6.78. The molecule has 20 heavy (non-hydrogen) atoms. The van der Waals surface area contributed by atoms with Gasteiger partial charge in [0.1, 0.15) is 0 Å². The van der Waals surface area contributed by atoms with Crippen molar-refractivity contribution in [1.82, 2.24) is 0 Å². The van der Waals surface area contributed by atoms with Gasteiger partial charge in [-0.1, -0.05) is 0 Å². The van der Waals surface area contributed by atoms with Crippen LogP contribution in [0, 0.1) is 0 Å². The Hall–Kier alpha value is -0.781. The van der Waals surface area contributed by atoms with Gasteiger partial charge in [-0.25, -0.2) is 0 Å². The fraction of sp³-hybridized carbons (Fsp3) is 0.222. The third kappa shape index (κ3) is 3.10. The molecule has 0 amide bonds. The molecule has 1 unspecified atom stereocenters. The predicted molar refractivity (Wildman–Crippen MR) is 91.9 cm³/mol. The molecule has 0 bridgehead atoms. The van der Waals surface area contributed by atoms with Crippen molar-refractivity contribution < 1.29 is 0 Å². The Kier molecular flexibility index (Phi) is 4.81. The van der Waals surface area contributed by atoms with Crippen LogP contribution in [0.25, 0.3) is 9.65 Å². The maximum absolute atomic E-state index is 2.50. The fourth-order valence-corrected chi connectivity index (χ4v) is 12.5. The van der Waals surface area contributed by atoms with Crippen molar-refractivity contribution in [3.05, 3.63) is 60.7 Å². The summed E-state index contributed by atoms with van der Waals surface area (Å²) in [4.78, 5) is 0. The first-order valence-electron chi connectivity index (χ1n) is 7.13. The van der Waals surface area contributed by atoms with Gasteiger partial charge in [-0.3, -0.25) is 0 Å². The van der Waals surface area contributed by atoms with Gasteiger partial charge < -0.3 is 0 Å². The molecule has 0 nitrogen and oxygen atoms in total. The first kappa shape index (κ1) is 14.2. The van der Waals surface area contributed by atoms with E-state index in [4.69, 9.17) is 0 Å². The van der Waals surface area contributed by atoms with E-state index in [2.05, 4.69) is 67.6 Å². The molecular formula is C18H19Se2+. The summed E-state index contributed by atoms with van der Waals surface area (Å²) in [5.74, 6) is 0. The van der Waals surface area contributed by atoms with Crippen molar-refractivity contribution >= 4 is 45.8 Å². The zero-order valence-electron chi connectivity index (χ0n) is 11.7. The van der Waals surface area contributed by atoms with Crippen molar-refractivity contribution in [3.8, 4) is 0 Å². The number of fused-ring (bicyclic) bond motifs is 1. The molecule has 0 fully saturated rings. The third-order valence-corrected chi connectivity index (χ3v) is 12.8. The van der Waals surface area contributed by atoms with Crippen molar-refractivity contribution in [2.45, 2.75) is 25.1 Å². The molecule has 0 aliphatic rings. The van der Waals surface area contributed by atoms with E-state index in [0.29, 0.717) is 15.0 Å². The Morgan fingerprint density at radius 2 is 1.70 bits per heavy atom. The van der Waals surface area contributed by atoms with Crippen molar-refractivity contribution in [2.75, 3.05) is 0 Å². The molecule has 0 aliphatic heterocycles. The van der Waals surface area contributed by atoms with E-state index in [9.17, 15) is 0 Å². The molecule has 2 heteroatoms. The quantitative estimate of drug-likeness (QED) is 0.585. The van der Waals surface area contributed by atoms with E-state index < -0.39 is 13.4 Å². The second-order valence-corrected chi connectivity index (χ2v) is 12.9. The Bertz CT molecular complexity index is 683. The van der Waals surface area contributed by atoms with Crippen LogP contribution in [0.3, 0.4) is 0 Å². The van der Waals surface area contributed by atoms with Gasteiger partial charge in [0.2, 0.25) is 0 Å². The predicted octanol–water partition coefficient (Wildman–Crippen LogP) is 3.04. The molecule has 0 aliphatic carbocycles. The molecular weight excluding hydrogens is 374 g/mol. The Balaban J connectivity index is 2.00. The van der Waals surface area contributed by atoms with Crippen LogP contribution >= 0.6 is 0 Å². The first-order valence-corrected chi connectivity index (χ1v) is 11.8. The van der Waals surface area contributed by atoms with Gasteiger partial charge in [0.15, 0.2) is 0 Å². The summed E-state index contributed by atoms with van der Waals surface area (Å²) in [5.41, 5.74) is 0. The number of aryl methyl sites for hydroxylation is 1. The maximum atomic E-state index is 2.50. The SMILES string of the molecule is CCCC[se+]1c([Se]c2ccccc2)cc2ccccc21. The molecule has 1 heterocycles. The van der Waals surface area contributed by atoms with Crippen molar-refractivity contribution in [2.24, 2.45) is 0 Å². The summed E-state index contributed by atoms with van der Waals surface area (Å²) < 4.78 is 4.97. The minimum absolute atomic E-state index is 0.513. The molecule has 1 aromatic heterocycles. The van der Waals surface area contributed by atoms with E-state index in [1.54, 1.807) is 7.60 Å². The van der Waals surface area contributed by atoms with Crippen molar-refractivity contribution in [1.29, 1.82) is 0 Å². The standard InChI is InChI=1S/C18H19Se2/c1-2-3-13-20-17-12-8-7-9-15(17)14-18(20)19-16-10-5-4-6-11-16/h4-12,14H,2-3,13H2,1H3/q+1. The van der Waals surface area contributed by atoms with Crippen LogP contribution in [0.2, 0.25) is 0 Å². The Morgan fingerprint density at radius 1 is 0.950 bits per heavy atom. The number of unbranched alkanes of at least 4 members (excludes halogenated alkanes) is 1. The number of hydrogen-bond donors (Lipinski definition) is 0. The fourth-order valence-electron chi connectivity index (χ4n) is 2.31. The molecule has 0 saturated heterocycles. The molecule has 3 aromatic rings. The summed E-state index contributed by atoms with van der Waals surface area (Å²) in [5, 5.41) is 2.93. The molecule has 0 spiro atoms. The van der Waals surface area contributed by atoms with Gasteiger partial charge in [-0.15, -0.1) is 0 Å². The summed E-state index contributed by atoms with van der Waals surface area (Å²) in [6.07, 6.45) is 2.69. The van der Waals surface area contributed by atoms with Crippen LogP contribution < -0.4 is 7.80 Å². The zero-order valence-corrected chi connectivity index (χ0v) is 15.1. The number of benzene rings is 2. The van der Waals surface area contributed by atoms with Crippen molar-refractivity contribution in [3.63, 3.8) is 0 Å². The van der Waals surface area contributed by atoms with Gasteiger partial charge >= 0.3 is 132 Å². The summed E-state index contributed by atoms with van der Waals surface area (Å²) >= 11 is -0.225. The van der Waals surface area contributed by atoms with Crippen LogP contribution in [-0.2, 0) is 5.32 Å². The number of hydrogen-bond acceptors (Lipinski definition) is 0. The van der Waals surface area contributed by atoms with Crippen LogP contribution in [0.4, 0.5) is 0 Å². The molecule has 102 valence electrons. The third-order valence-electron chi connectivity index (χ3n) is 3.36.